The van der Waals surface area contributed by atoms with Crippen LogP contribution in [0, 0.1) is 0 Å². The van der Waals surface area contributed by atoms with Gasteiger partial charge in [0.25, 0.3) is 0 Å². The van der Waals surface area contributed by atoms with Crippen molar-refractivity contribution < 1.29 is 4.79 Å². The lowest BCUT2D eigenvalue weighted by molar-refractivity contribution is 0.112. The van der Waals surface area contributed by atoms with Crippen LogP contribution in [-0.2, 0) is 0 Å². The third kappa shape index (κ3) is 3.15. The maximum atomic E-state index is 10.9. The summed E-state index contributed by atoms with van der Waals surface area (Å²) in [6.07, 6.45) is 2.68. The lowest BCUT2D eigenvalue weighted by Crippen LogP contribution is -1.87. The Labute approximate surface area is 151 Å². The first kappa shape index (κ1) is 15.9. The quantitative estimate of drug-likeness (QED) is 0.302. The van der Waals surface area contributed by atoms with E-state index in [1.54, 1.807) is 0 Å². The zero-order valence-corrected chi connectivity index (χ0v) is 14.0. The molecule has 3 heteroatoms. The molecule has 0 spiro atoms. The summed E-state index contributed by atoms with van der Waals surface area (Å²) in [5.41, 5.74) is 3.57. The van der Waals surface area contributed by atoms with Crippen molar-refractivity contribution in [2.45, 2.75) is 0 Å². The van der Waals surface area contributed by atoms with Crippen LogP contribution >= 0.6 is 0 Å². The van der Waals surface area contributed by atoms with Gasteiger partial charge in [-0.25, -0.2) is 4.98 Å². The summed E-state index contributed by atoms with van der Waals surface area (Å²) in [5.74, 6) is 0. The third-order valence-electron chi connectivity index (χ3n) is 4.23. The zero-order chi connectivity index (χ0) is 17.8. The van der Waals surface area contributed by atoms with Crippen molar-refractivity contribution in [1.82, 2.24) is 9.97 Å². The van der Waals surface area contributed by atoms with Gasteiger partial charge in [0.1, 0.15) is 0 Å². The monoisotopic (exact) mass is 336 g/mol. The SMILES string of the molecule is O=Cc1cccc2nc3ccccc3cc12.c1ccc2ncccc2c1. The molecule has 0 bridgehead atoms. The smallest absolute Gasteiger partial charge is 0.150 e. The second kappa shape index (κ2) is 7.11. The van der Waals surface area contributed by atoms with Gasteiger partial charge >= 0.3 is 0 Å². The van der Waals surface area contributed by atoms with Gasteiger partial charge in [0.15, 0.2) is 6.29 Å². The van der Waals surface area contributed by atoms with E-state index in [0.717, 1.165) is 33.6 Å². The first-order chi connectivity index (χ1) is 12.8. The fourth-order valence-corrected chi connectivity index (χ4v) is 2.94. The van der Waals surface area contributed by atoms with Gasteiger partial charge in [-0.05, 0) is 30.3 Å². The molecule has 2 aromatic heterocycles. The molecule has 5 rings (SSSR count). The average Bonchev–Trinajstić information content (AvgIpc) is 2.72. The van der Waals surface area contributed by atoms with Gasteiger partial charge in [0.05, 0.1) is 16.6 Å². The minimum atomic E-state index is 0.691. The normalized spacial score (nSPS) is 10.5. The second-order valence-corrected chi connectivity index (χ2v) is 5.91. The first-order valence-electron chi connectivity index (χ1n) is 8.38. The van der Waals surface area contributed by atoms with Crippen molar-refractivity contribution in [2.75, 3.05) is 0 Å². The van der Waals surface area contributed by atoms with Gasteiger partial charge in [-0.3, -0.25) is 9.78 Å². The van der Waals surface area contributed by atoms with E-state index in [1.165, 1.54) is 5.39 Å². The van der Waals surface area contributed by atoms with E-state index in [-0.39, 0.29) is 0 Å². The molecule has 0 amide bonds. The number of benzene rings is 3. The van der Waals surface area contributed by atoms with Gasteiger partial charge in [0, 0.05) is 27.9 Å². The summed E-state index contributed by atoms with van der Waals surface area (Å²) in [5, 5.41) is 3.17. The highest BCUT2D eigenvalue weighted by atomic mass is 16.1. The molecule has 5 aromatic rings. The Morgan fingerprint density at radius 1 is 0.654 bits per heavy atom. The Kier molecular flexibility index (Phi) is 4.35. The second-order valence-electron chi connectivity index (χ2n) is 5.91. The minimum Gasteiger partial charge on any atom is -0.298 e. The molecule has 26 heavy (non-hydrogen) atoms. The maximum Gasteiger partial charge on any atom is 0.150 e. The predicted molar refractivity (Wildman–Crippen MR) is 106 cm³/mol. The summed E-state index contributed by atoms with van der Waals surface area (Å²) in [7, 11) is 0. The van der Waals surface area contributed by atoms with Crippen molar-refractivity contribution in [1.29, 1.82) is 0 Å². The average molecular weight is 336 g/mol. The number of aromatic nitrogens is 2. The van der Waals surface area contributed by atoms with E-state index in [9.17, 15) is 4.79 Å². The van der Waals surface area contributed by atoms with Gasteiger partial charge in [-0.15, -0.1) is 0 Å². The topological polar surface area (TPSA) is 42.9 Å². The van der Waals surface area contributed by atoms with E-state index in [4.69, 9.17) is 0 Å². The van der Waals surface area contributed by atoms with Gasteiger partial charge < -0.3 is 0 Å². The number of hydrogen-bond donors (Lipinski definition) is 0. The third-order valence-corrected chi connectivity index (χ3v) is 4.23. The molecule has 0 saturated carbocycles. The number of carbonyl (C=O) groups is 1. The van der Waals surface area contributed by atoms with Gasteiger partial charge in [-0.2, -0.15) is 0 Å². The molecule has 0 aliphatic heterocycles. The molecular weight excluding hydrogens is 320 g/mol. The first-order valence-corrected chi connectivity index (χ1v) is 8.38. The molecule has 0 aliphatic rings. The van der Waals surface area contributed by atoms with Crippen LogP contribution in [0.15, 0.2) is 91.1 Å². The van der Waals surface area contributed by atoms with Crippen molar-refractivity contribution in [3.8, 4) is 0 Å². The van der Waals surface area contributed by atoms with Gasteiger partial charge in [-0.1, -0.05) is 54.6 Å². The van der Waals surface area contributed by atoms with Crippen LogP contribution in [0.2, 0.25) is 0 Å². The van der Waals surface area contributed by atoms with Gasteiger partial charge in [0.2, 0.25) is 0 Å². The van der Waals surface area contributed by atoms with Crippen molar-refractivity contribution in [2.24, 2.45) is 0 Å². The molecule has 0 fully saturated rings. The summed E-state index contributed by atoms with van der Waals surface area (Å²) in [6, 6.07) is 27.6. The Hall–Kier alpha value is -3.59. The van der Waals surface area contributed by atoms with E-state index in [1.807, 2.05) is 79.0 Å². The van der Waals surface area contributed by atoms with Crippen molar-refractivity contribution >= 4 is 39.0 Å². The van der Waals surface area contributed by atoms with Crippen LogP contribution in [0.1, 0.15) is 10.4 Å². The summed E-state index contributed by atoms with van der Waals surface area (Å²) < 4.78 is 0. The molecule has 0 N–H and O–H groups in total. The fraction of sp³-hybridized carbons (Fsp3) is 0. The van der Waals surface area contributed by atoms with Crippen molar-refractivity contribution in [3.63, 3.8) is 0 Å². The Bertz CT molecular complexity index is 1150. The van der Waals surface area contributed by atoms with E-state index in [0.29, 0.717) is 5.56 Å². The molecule has 0 saturated heterocycles. The molecule has 3 aromatic carbocycles. The lowest BCUT2D eigenvalue weighted by Gasteiger charge is -2.02. The fourth-order valence-electron chi connectivity index (χ4n) is 2.94. The minimum absolute atomic E-state index is 0.691. The molecule has 3 nitrogen and oxygen atoms in total. The molecule has 0 radical (unpaired) electrons. The van der Waals surface area contributed by atoms with Crippen LogP contribution in [0.25, 0.3) is 32.7 Å². The van der Waals surface area contributed by atoms with Crippen molar-refractivity contribution in [3.05, 3.63) is 96.7 Å². The molecule has 0 atom stereocenters. The molecule has 0 unspecified atom stereocenters. The highest BCUT2D eigenvalue weighted by molar-refractivity contribution is 6.01. The van der Waals surface area contributed by atoms with E-state index in [2.05, 4.69) is 22.1 Å². The Morgan fingerprint density at radius 2 is 1.35 bits per heavy atom. The number of para-hydroxylation sites is 2. The molecular formula is C23H16N2O. The predicted octanol–water partition coefficient (Wildman–Crippen LogP) is 5.44. The number of rotatable bonds is 1. The Balaban J connectivity index is 0.000000144. The number of pyridine rings is 2. The van der Waals surface area contributed by atoms with Crippen LogP contribution in [0.3, 0.4) is 0 Å². The van der Waals surface area contributed by atoms with Crippen LogP contribution < -0.4 is 0 Å². The number of fused-ring (bicyclic) bond motifs is 3. The van der Waals surface area contributed by atoms with Crippen LogP contribution in [-0.4, -0.2) is 16.3 Å². The lowest BCUT2D eigenvalue weighted by atomic mass is 10.1. The summed E-state index contributed by atoms with van der Waals surface area (Å²) in [6.45, 7) is 0. The van der Waals surface area contributed by atoms with Crippen LogP contribution in [0.5, 0.6) is 0 Å². The standard InChI is InChI=1S/C14H9NO.C9H7N/c16-9-11-5-3-7-14-12(11)8-10-4-1-2-6-13(10)15-14;1-2-6-9-8(4-1)5-3-7-10-9/h1-9H;1-7H. The Morgan fingerprint density at radius 3 is 2.15 bits per heavy atom. The summed E-state index contributed by atoms with van der Waals surface area (Å²) >= 11 is 0. The highest BCUT2D eigenvalue weighted by Crippen LogP contribution is 2.21. The number of nitrogens with zero attached hydrogens (tertiary/aromatic N) is 2. The summed E-state index contributed by atoms with van der Waals surface area (Å²) in [4.78, 5) is 19.6. The number of aldehydes is 1. The maximum absolute atomic E-state index is 10.9. The van der Waals surface area contributed by atoms with E-state index < -0.39 is 0 Å². The molecule has 2 heterocycles. The number of hydrogen-bond acceptors (Lipinski definition) is 3. The largest absolute Gasteiger partial charge is 0.298 e. The number of carbonyl (C=O) groups excluding carboxylic acids is 1. The highest BCUT2D eigenvalue weighted by Gasteiger charge is 2.02. The zero-order valence-electron chi connectivity index (χ0n) is 14.0. The van der Waals surface area contributed by atoms with E-state index >= 15 is 0 Å². The molecule has 0 aliphatic carbocycles. The molecule has 124 valence electrons. The van der Waals surface area contributed by atoms with Crippen LogP contribution in [0.4, 0.5) is 0 Å².